The maximum absolute atomic E-state index is 14.0. The van der Waals surface area contributed by atoms with Gasteiger partial charge in [-0.25, -0.2) is 9.18 Å². The van der Waals surface area contributed by atoms with Crippen molar-refractivity contribution in [1.29, 1.82) is 0 Å². The van der Waals surface area contributed by atoms with Crippen LogP contribution in [0.25, 0.3) is 10.8 Å². The first-order chi connectivity index (χ1) is 14.6. The lowest BCUT2D eigenvalue weighted by Gasteiger charge is -2.16. The van der Waals surface area contributed by atoms with Crippen LogP contribution in [0.2, 0.25) is 0 Å². The molecular formula is C25H20FNO3. The Morgan fingerprint density at radius 1 is 0.900 bits per heavy atom. The molecule has 4 rings (SSSR count). The van der Waals surface area contributed by atoms with E-state index in [0.717, 1.165) is 22.0 Å². The number of aromatic carboxylic acids is 1. The van der Waals surface area contributed by atoms with Crippen LogP contribution < -0.4 is 10.1 Å². The Balaban J connectivity index is 1.60. The van der Waals surface area contributed by atoms with E-state index in [-0.39, 0.29) is 18.0 Å². The first-order valence-corrected chi connectivity index (χ1v) is 9.56. The maximum Gasteiger partial charge on any atom is 0.335 e. The zero-order valence-corrected chi connectivity index (χ0v) is 16.1. The summed E-state index contributed by atoms with van der Waals surface area (Å²) in [6.07, 6.45) is 0. The molecule has 0 aromatic heterocycles. The highest BCUT2D eigenvalue weighted by Gasteiger charge is 2.11. The molecule has 2 N–H and O–H groups in total. The van der Waals surface area contributed by atoms with E-state index in [1.165, 1.54) is 6.07 Å². The average Bonchev–Trinajstić information content (AvgIpc) is 2.77. The lowest BCUT2D eigenvalue weighted by Crippen LogP contribution is -2.06. The first-order valence-electron chi connectivity index (χ1n) is 9.56. The Kier molecular flexibility index (Phi) is 5.61. The van der Waals surface area contributed by atoms with Crippen LogP contribution in [0, 0.1) is 5.82 Å². The SMILES string of the molecule is O=C(O)c1ccc(NCc2c(OCc3ccccc3F)ccc3ccccc23)cc1. The summed E-state index contributed by atoms with van der Waals surface area (Å²) in [4.78, 5) is 11.0. The summed E-state index contributed by atoms with van der Waals surface area (Å²) in [5.41, 5.74) is 2.48. The number of hydrogen-bond acceptors (Lipinski definition) is 3. The van der Waals surface area contributed by atoms with Crippen molar-refractivity contribution >= 4 is 22.4 Å². The standard InChI is InChI=1S/C25H20FNO3/c26-23-8-4-2-6-19(23)16-30-24-14-11-17-5-1-3-7-21(17)22(24)15-27-20-12-9-18(10-13-20)25(28)29/h1-14,27H,15-16H2,(H,28,29). The van der Waals surface area contributed by atoms with Crippen LogP contribution in [0.3, 0.4) is 0 Å². The van der Waals surface area contributed by atoms with Crippen LogP contribution >= 0.6 is 0 Å². The van der Waals surface area contributed by atoms with Crippen molar-refractivity contribution in [3.8, 4) is 5.75 Å². The fraction of sp³-hybridized carbons (Fsp3) is 0.0800. The molecule has 0 aliphatic heterocycles. The third-order valence-corrected chi connectivity index (χ3v) is 4.94. The van der Waals surface area contributed by atoms with Crippen molar-refractivity contribution in [2.45, 2.75) is 13.2 Å². The smallest absolute Gasteiger partial charge is 0.335 e. The Hall–Kier alpha value is -3.86. The van der Waals surface area contributed by atoms with Gasteiger partial charge in [-0.1, -0.05) is 48.5 Å². The second kappa shape index (κ2) is 8.66. The molecule has 0 unspecified atom stereocenters. The van der Waals surface area contributed by atoms with Gasteiger partial charge < -0.3 is 15.2 Å². The molecule has 5 heteroatoms. The number of carboxylic acids is 1. The van der Waals surface area contributed by atoms with Gasteiger partial charge in [0.1, 0.15) is 18.2 Å². The summed E-state index contributed by atoms with van der Waals surface area (Å²) in [6, 6.07) is 25.0. The van der Waals surface area contributed by atoms with E-state index >= 15 is 0 Å². The van der Waals surface area contributed by atoms with Gasteiger partial charge in [-0.05, 0) is 47.2 Å². The van der Waals surface area contributed by atoms with Crippen LogP contribution in [-0.2, 0) is 13.2 Å². The summed E-state index contributed by atoms with van der Waals surface area (Å²) in [5.74, 6) is -0.581. The van der Waals surface area contributed by atoms with E-state index in [4.69, 9.17) is 9.84 Å². The van der Waals surface area contributed by atoms with Crippen LogP contribution in [0.15, 0.2) is 84.9 Å². The fourth-order valence-corrected chi connectivity index (χ4v) is 3.33. The van der Waals surface area contributed by atoms with Crippen LogP contribution in [-0.4, -0.2) is 11.1 Å². The van der Waals surface area contributed by atoms with Crippen molar-refractivity contribution < 1.29 is 19.0 Å². The fourth-order valence-electron chi connectivity index (χ4n) is 3.33. The van der Waals surface area contributed by atoms with Gasteiger partial charge in [0.05, 0.1) is 5.56 Å². The summed E-state index contributed by atoms with van der Waals surface area (Å²) < 4.78 is 20.0. The molecule has 0 saturated heterocycles. The minimum Gasteiger partial charge on any atom is -0.488 e. The number of ether oxygens (including phenoxy) is 1. The molecular weight excluding hydrogens is 381 g/mol. The quantitative estimate of drug-likeness (QED) is 0.407. The molecule has 0 aliphatic rings. The maximum atomic E-state index is 14.0. The van der Waals surface area contributed by atoms with Gasteiger partial charge in [0.2, 0.25) is 0 Å². The third-order valence-electron chi connectivity index (χ3n) is 4.94. The Morgan fingerprint density at radius 2 is 1.63 bits per heavy atom. The largest absolute Gasteiger partial charge is 0.488 e. The van der Waals surface area contributed by atoms with E-state index < -0.39 is 5.97 Å². The van der Waals surface area contributed by atoms with Crippen LogP contribution in [0.4, 0.5) is 10.1 Å². The van der Waals surface area contributed by atoms with Gasteiger partial charge in [0, 0.05) is 23.4 Å². The molecule has 0 bridgehead atoms. The Bertz CT molecular complexity index is 1190. The van der Waals surface area contributed by atoms with E-state index in [2.05, 4.69) is 5.32 Å². The van der Waals surface area contributed by atoms with E-state index in [0.29, 0.717) is 17.9 Å². The average molecular weight is 401 g/mol. The number of benzene rings is 4. The van der Waals surface area contributed by atoms with Gasteiger partial charge in [-0.3, -0.25) is 0 Å². The molecule has 30 heavy (non-hydrogen) atoms. The number of anilines is 1. The zero-order chi connectivity index (χ0) is 20.9. The van der Waals surface area contributed by atoms with Gasteiger partial charge >= 0.3 is 5.97 Å². The van der Waals surface area contributed by atoms with E-state index in [1.807, 2.05) is 36.4 Å². The monoisotopic (exact) mass is 401 g/mol. The van der Waals surface area contributed by atoms with Crippen LogP contribution in [0.5, 0.6) is 5.75 Å². The molecule has 0 spiro atoms. The number of hydrogen-bond donors (Lipinski definition) is 2. The zero-order valence-electron chi connectivity index (χ0n) is 16.1. The molecule has 150 valence electrons. The molecule has 4 aromatic carbocycles. The predicted molar refractivity (Wildman–Crippen MR) is 115 cm³/mol. The summed E-state index contributed by atoms with van der Waals surface area (Å²) in [5, 5.41) is 14.5. The molecule has 0 aliphatic carbocycles. The highest BCUT2D eigenvalue weighted by molar-refractivity contribution is 5.89. The lowest BCUT2D eigenvalue weighted by atomic mass is 10.0. The number of fused-ring (bicyclic) bond motifs is 1. The van der Waals surface area contributed by atoms with Gasteiger partial charge in [0.15, 0.2) is 0 Å². The Morgan fingerprint density at radius 3 is 2.40 bits per heavy atom. The number of carboxylic acid groups (broad SMARTS) is 1. The molecule has 0 saturated carbocycles. The normalized spacial score (nSPS) is 10.7. The minimum absolute atomic E-state index is 0.130. The van der Waals surface area contributed by atoms with E-state index in [9.17, 15) is 9.18 Å². The highest BCUT2D eigenvalue weighted by Crippen LogP contribution is 2.30. The third kappa shape index (κ3) is 4.25. The predicted octanol–water partition coefficient (Wildman–Crippen LogP) is 5.87. The topological polar surface area (TPSA) is 58.6 Å². The minimum atomic E-state index is -0.959. The van der Waals surface area contributed by atoms with Crippen molar-refractivity contribution in [1.82, 2.24) is 0 Å². The molecule has 0 radical (unpaired) electrons. The van der Waals surface area contributed by atoms with Gasteiger partial charge in [0.25, 0.3) is 0 Å². The molecule has 4 aromatic rings. The second-order valence-corrected chi connectivity index (χ2v) is 6.88. The van der Waals surface area contributed by atoms with Crippen molar-refractivity contribution in [2.24, 2.45) is 0 Å². The molecule has 0 atom stereocenters. The summed E-state index contributed by atoms with van der Waals surface area (Å²) >= 11 is 0. The van der Waals surface area contributed by atoms with Gasteiger partial charge in [-0.2, -0.15) is 0 Å². The van der Waals surface area contributed by atoms with Crippen molar-refractivity contribution in [3.63, 3.8) is 0 Å². The first kappa shape index (κ1) is 19.5. The van der Waals surface area contributed by atoms with Crippen LogP contribution in [0.1, 0.15) is 21.5 Å². The number of nitrogens with one attached hydrogen (secondary N) is 1. The van der Waals surface area contributed by atoms with Crippen molar-refractivity contribution in [3.05, 3.63) is 107 Å². The number of halogens is 1. The number of carbonyl (C=O) groups is 1. The van der Waals surface area contributed by atoms with Crippen molar-refractivity contribution in [2.75, 3.05) is 5.32 Å². The second-order valence-electron chi connectivity index (χ2n) is 6.88. The highest BCUT2D eigenvalue weighted by atomic mass is 19.1. The summed E-state index contributed by atoms with van der Waals surface area (Å²) in [7, 11) is 0. The molecule has 0 heterocycles. The summed E-state index contributed by atoms with van der Waals surface area (Å²) in [6.45, 7) is 0.603. The molecule has 4 nitrogen and oxygen atoms in total. The van der Waals surface area contributed by atoms with E-state index in [1.54, 1.807) is 42.5 Å². The molecule has 0 amide bonds. The number of rotatable bonds is 7. The van der Waals surface area contributed by atoms with Gasteiger partial charge in [-0.15, -0.1) is 0 Å². The Labute approximate surface area is 173 Å². The molecule has 0 fully saturated rings. The lowest BCUT2D eigenvalue weighted by molar-refractivity contribution is 0.0697.